The molecule has 8 heteroatoms. The molecule has 7 nitrogen and oxygen atoms in total. The molecule has 1 amide bonds. The van der Waals surface area contributed by atoms with Crippen LogP contribution >= 0.6 is 0 Å². The first-order valence-corrected chi connectivity index (χ1v) is 8.92. The van der Waals surface area contributed by atoms with Crippen LogP contribution in [0.5, 0.6) is 11.5 Å². The molecule has 29 heavy (non-hydrogen) atoms. The number of anilines is 1. The number of ether oxygens (including phenoxy) is 2. The molecule has 4 rings (SSSR count). The number of aromatic nitrogens is 2. The van der Waals surface area contributed by atoms with Gasteiger partial charge >= 0.3 is 0 Å². The van der Waals surface area contributed by atoms with Crippen molar-refractivity contribution in [3.63, 3.8) is 0 Å². The van der Waals surface area contributed by atoms with Gasteiger partial charge in [-0.25, -0.2) is 9.07 Å². The number of nitrogens with one attached hydrogen (secondary N) is 1. The van der Waals surface area contributed by atoms with Crippen molar-refractivity contribution in [2.75, 3.05) is 12.1 Å². The van der Waals surface area contributed by atoms with Gasteiger partial charge < -0.3 is 14.8 Å². The Bertz CT molecular complexity index is 1140. The molecule has 2 aromatic carbocycles. The number of carbonyl (C=O) groups is 1. The van der Waals surface area contributed by atoms with Gasteiger partial charge in [0.15, 0.2) is 11.5 Å². The minimum atomic E-state index is -1.29. The molecule has 148 valence electrons. The van der Waals surface area contributed by atoms with E-state index >= 15 is 0 Å². The summed E-state index contributed by atoms with van der Waals surface area (Å²) in [5.41, 5.74) is -0.0702. The molecule has 0 saturated carbocycles. The number of nitrogens with zero attached hydrogens (tertiary/aromatic N) is 2. The van der Waals surface area contributed by atoms with Crippen LogP contribution < -0.4 is 20.3 Å². The molecule has 1 aliphatic heterocycles. The lowest BCUT2D eigenvalue weighted by Crippen LogP contribution is -2.47. The summed E-state index contributed by atoms with van der Waals surface area (Å²) in [5, 5.41) is 7.09. The second-order valence-electron chi connectivity index (χ2n) is 7.06. The first kappa shape index (κ1) is 18.7. The van der Waals surface area contributed by atoms with E-state index in [1.165, 1.54) is 30.3 Å². The van der Waals surface area contributed by atoms with Gasteiger partial charge in [0, 0.05) is 17.3 Å². The molecule has 3 aromatic rings. The van der Waals surface area contributed by atoms with Crippen LogP contribution in [0.1, 0.15) is 13.8 Å². The van der Waals surface area contributed by atoms with Crippen molar-refractivity contribution in [1.82, 2.24) is 9.78 Å². The number of hydrogen-bond donors (Lipinski definition) is 1. The van der Waals surface area contributed by atoms with E-state index in [1.807, 2.05) is 0 Å². The topological polar surface area (TPSA) is 82.5 Å². The zero-order valence-electron chi connectivity index (χ0n) is 15.8. The number of rotatable bonds is 4. The van der Waals surface area contributed by atoms with E-state index < -0.39 is 22.8 Å². The predicted molar refractivity (Wildman–Crippen MR) is 104 cm³/mol. The first-order chi connectivity index (χ1) is 13.8. The molecule has 1 aromatic heterocycles. The summed E-state index contributed by atoms with van der Waals surface area (Å²) in [4.78, 5) is 25.3. The van der Waals surface area contributed by atoms with Gasteiger partial charge in [-0.1, -0.05) is 0 Å². The third kappa shape index (κ3) is 3.56. The van der Waals surface area contributed by atoms with Crippen LogP contribution in [0.25, 0.3) is 11.3 Å². The Balaban J connectivity index is 1.66. The Kier molecular flexibility index (Phi) is 4.54. The zero-order valence-corrected chi connectivity index (χ0v) is 15.8. The van der Waals surface area contributed by atoms with Crippen molar-refractivity contribution in [1.29, 1.82) is 0 Å². The van der Waals surface area contributed by atoms with E-state index in [1.54, 1.807) is 38.1 Å². The number of fused-ring (bicyclic) bond motifs is 1. The summed E-state index contributed by atoms with van der Waals surface area (Å²) in [7, 11) is 0. The summed E-state index contributed by atoms with van der Waals surface area (Å²) in [6, 6.07) is 13.7. The Labute approximate surface area is 165 Å². The monoisotopic (exact) mass is 395 g/mol. The highest BCUT2D eigenvalue weighted by Gasteiger charge is 2.32. The smallest absolute Gasteiger partial charge is 0.267 e. The molecule has 0 aliphatic carbocycles. The normalized spacial score (nSPS) is 12.7. The largest absolute Gasteiger partial charge is 0.454 e. The van der Waals surface area contributed by atoms with Crippen molar-refractivity contribution in [2.24, 2.45) is 0 Å². The van der Waals surface area contributed by atoms with E-state index in [-0.39, 0.29) is 6.79 Å². The first-order valence-electron chi connectivity index (χ1n) is 8.92. The summed E-state index contributed by atoms with van der Waals surface area (Å²) in [6.45, 7) is 3.33. The average Bonchev–Trinajstić information content (AvgIpc) is 3.17. The van der Waals surface area contributed by atoms with Crippen LogP contribution in [0.15, 0.2) is 59.4 Å². The second kappa shape index (κ2) is 7.05. The number of amides is 1. The van der Waals surface area contributed by atoms with Crippen molar-refractivity contribution in [3.8, 4) is 22.8 Å². The fraction of sp³-hybridized carbons (Fsp3) is 0.190. The number of carbonyl (C=O) groups excluding carboxylic acids is 1. The molecule has 2 heterocycles. The standard InChI is InChI=1S/C21H18FN3O4/c1-21(2,20(27)23-15-6-4-14(22)5-7-15)25-19(26)10-8-16(24-25)13-3-9-17-18(11-13)29-12-28-17/h3-11H,12H2,1-2H3,(H,23,27). The van der Waals surface area contributed by atoms with Crippen LogP contribution in [0, 0.1) is 5.82 Å². The lowest BCUT2D eigenvalue weighted by molar-refractivity contribution is -0.123. The predicted octanol–water partition coefficient (Wildman–Crippen LogP) is 3.15. The van der Waals surface area contributed by atoms with E-state index in [9.17, 15) is 14.0 Å². The van der Waals surface area contributed by atoms with Crippen LogP contribution in [0.2, 0.25) is 0 Å². The van der Waals surface area contributed by atoms with Crippen LogP contribution in [0.4, 0.5) is 10.1 Å². The molecule has 0 saturated heterocycles. The Morgan fingerprint density at radius 3 is 2.55 bits per heavy atom. The van der Waals surface area contributed by atoms with Crippen molar-refractivity contribution in [2.45, 2.75) is 19.4 Å². The molecular formula is C21H18FN3O4. The quantitative estimate of drug-likeness (QED) is 0.734. The lowest BCUT2D eigenvalue weighted by Gasteiger charge is -2.25. The maximum atomic E-state index is 13.1. The van der Waals surface area contributed by atoms with Crippen molar-refractivity contribution in [3.05, 3.63) is 70.8 Å². The average molecular weight is 395 g/mol. The van der Waals surface area contributed by atoms with E-state index in [4.69, 9.17) is 9.47 Å². The maximum Gasteiger partial charge on any atom is 0.267 e. The fourth-order valence-corrected chi connectivity index (χ4v) is 2.93. The summed E-state index contributed by atoms with van der Waals surface area (Å²) < 4.78 is 24.9. The van der Waals surface area contributed by atoms with Gasteiger partial charge in [-0.3, -0.25) is 9.59 Å². The van der Waals surface area contributed by atoms with Crippen LogP contribution in [-0.2, 0) is 10.3 Å². The minimum absolute atomic E-state index is 0.155. The summed E-state index contributed by atoms with van der Waals surface area (Å²) in [6.07, 6.45) is 0. The molecule has 0 unspecified atom stereocenters. The van der Waals surface area contributed by atoms with Crippen LogP contribution in [0.3, 0.4) is 0 Å². The molecule has 0 radical (unpaired) electrons. The highest BCUT2D eigenvalue weighted by atomic mass is 19.1. The van der Waals surface area contributed by atoms with Crippen molar-refractivity contribution < 1.29 is 18.7 Å². The third-order valence-corrected chi connectivity index (χ3v) is 4.66. The maximum absolute atomic E-state index is 13.1. The molecular weight excluding hydrogens is 377 g/mol. The summed E-state index contributed by atoms with van der Waals surface area (Å²) >= 11 is 0. The van der Waals surface area contributed by atoms with E-state index in [0.29, 0.717) is 22.9 Å². The number of hydrogen-bond acceptors (Lipinski definition) is 5. The Morgan fingerprint density at radius 1 is 1.07 bits per heavy atom. The van der Waals surface area contributed by atoms with Gasteiger partial charge in [-0.15, -0.1) is 0 Å². The molecule has 1 N–H and O–H groups in total. The highest BCUT2D eigenvalue weighted by molar-refractivity contribution is 5.96. The van der Waals surface area contributed by atoms with Gasteiger partial charge in [0.1, 0.15) is 11.4 Å². The molecule has 0 bridgehead atoms. The Hall–Kier alpha value is -3.68. The second-order valence-corrected chi connectivity index (χ2v) is 7.06. The third-order valence-electron chi connectivity index (χ3n) is 4.66. The molecule has 0 spiro atoms. The highest BCUT2D eigenvalue weighted by Crippen LogP contribution is 2.35. The molecule has 1 aliphatic rings. The SMILES string of the molecule is CC(C)(C(=O)Nc1ccc(F)cc1)n1nc(-c2ccc3c(c2)OCO3)ccc1=O. The lowest BCUT2D eigenvalue weighted by atomic mass is 10.0. The number of benzene rings is 2. The van der Waals surface area contributed by atoms with Gasteiger partial charge in [-0.2, -0.15) is 5.10 Å². The number of halogens is 1. The summed E-state index contributed by atoms with van der Waals surface area (Å²) in [5.74, 6) is 0.370. The molecule has 0 atom stereocenters. The fourth-order valence-electron chi connectivity index (χ4n) is 2.93. The van der Waals surface area contributed by atoms with Gasteiger partial charge in [0.25, 0.3) is 11.5 Å². The zero-order chi connectivity index (χ0) is 20.6. The Morgan fingerprint density at radius 2 is 1.79 bits per heavy atom. The minimum Gasteiger partial charge on any atom is -0.454 e. The van der Waals surface area contributed by atoms with Gasteiger partial charge in [-0.05, 0) is 62.4 Å². The van der Waals surface area contributed by atoms with E-state index in [0.717, 1.165) is 10.2 Å². The van der Waals surface area contributed by atoms with E-state index in [2.05, 4.69) is 10.4 Å². The van der Waals surface area contributed by atoms with Crippen LogP contribution in [-0.4, -0.2) is 22.5 Å². The van der Waals surface area contributed by atoms with Gasteiger partial charge in [0.2, 0.25) is 6.79 Å². The molecule has 0 fully saturated rings. The van der Waals surface area contributed by atoms with Crippen molar-refractivity contribution >= 4 is 11.6 Å². The van der Waals surface area contributed by atoms with Gasteiger partial charge in [0.05, 0.1) is 5.69 Å².